The molecule has 0 saturated heterocycles. The van der Waals surface area contributed by atoms with Gasteiger partial charge < -0.3 is 4.57 Å². The van der Waals surface area contributed by atoms with E-state index in [1.165, 1.54) is 24.8 Å². The van der Waals surface area contributed by atoms with Crippen molar-refractivity contribution < 1.29 is 0 Å². The molecule has 1 aliphatic rings. The molecule has 104 valence electrons. The largest absolute Gasteiger partial charge is 0.324 e. The Hall–Kier alpha value is -1.82. The third-order valence-corrected chi connectivity index (χ3v) is 4.46. The van der Waals surface area contributed by atoms with E-state index in [4.69, 9.17) is 4.98 Å². The van der Waals surface area contributed by atoms with E-state index in [0.29, 0.717) is 6.04 Å². The number of aryl methyl sites for hydroxylation is 1. The van der Waals surface area contributed by atoms with Gasteiger partial charge in [0.05, 0.1) is 29.1 Å². The molecular weight excluding hydrogens is 246 g/mol. The van der Waals surface area contributed by atoms with Crippen LogP contribution >= 0.6 is 0 Å². The summed E-state index contributed by atoms with van der Waals surface area (Å²) in [5.74, 6) is 1.25. The van der Waals surface area contributed by atoms with Gasteiger partial charge in [-0.2, -0.15) is 5.26 Å². The van der Waals surface area contributed by atoms with Crippen molar-refractivity contribution in [2.24, 2.45) is 5.92 Å². The summed E-state index contributed by atoms with van der Waals surface area (Å²) in [5.41, 5.74) is 2.25. The van der Waals surface area contributed by atoms with Gasteiger partial charge in [-0.15, -0.1) is 0 Å². The molecule has 0 bridgehead atoms. The molecule has 0 spiro atoms. The first-order valence-electron chi connectivity index (χ1n) is 7.70. The smallest absolute Gasteiger partial charge is 0.109 e. The Labute approximate surface area is 120 Å². The number of hydrogen-bond acceptors (Lipinski definition) is 2. The van der Waals surface area contributed by atoms with Crippen LogP contribution in [-0.4, -0.2) is 9.55 Å². The van der Waals surface area contributed by atoms with Crippen molar-refractivity contribution in [1.29, 1.82) is 5.26 Å². The van der Waals surface area contributed by atoms with E-state index in [1.807, 2.05) is 6.07 Å². The van der Waals surface area contributed by atoms with E-state index in [-0.39, 0.29) is 5.92 Å². The molecule has 1 heterocycles. The third kappa shape index (κ3) is 2.20. The molecule has 2 aromatic rings. The quantitative estimate of drug-likeness (QED) is 0.763. The van der Waals surface area contributed by atoms with Crippen molar-refractivity contribution in [1.82, 2.24) is 9.55 Å². The lowest BCUT2D eigenvalue weighted by atomic mass is 9.95. The molecule has 3 nitrogen and oxygen atoms in total. The Morgan fingerprint density at radius 2 is 2.05 bits per heavy atom. The third-order valence-electron chi connectivity index (χ3n) is 4.46. The first-order valence-corrected chi connectivity index (χ1v) is 7.70. The van der Waals surface area contributed by atoms with Crippen molar-refractivity contribution in [3.63, 3.8) is 0 Å². The Bertz CT molecular complexity index is 635. The number of rotatable bonds is 2. The number of benzene rings is 1. The average molecular weight is 267 g/mol. The lowest BCUT2D eigenvalue weighted by Gasteiger charge is -2.24. The maximum absolute atomic E-state index is 9.54. The van der Waals surface area contributed by atoms with Crippen LogP contribution in [0.25, 0.3) is 11.0 Å². The average Bonchev–Trinajstić information content (AvgIpc) is 2.69. The van der Waals surface area contributed by atoms with Crippen LogP contribution in [0.15, 0.2) is 24.3 Å². The van der Waals surface area contributed by atoms with Gasteiger partial charge in [-0.25, -0.2) is 4.98 Å². The van der Waals surface area contributed by atoms with Gasteiger partial charge in [0, 0.05) is 6.42 Å². The Kier molecular flexibility index (Phi) is 3.73. The minimum atomic E-state index is 0.125. The summed E-state index contributed by atoms with van der Waals surface area (Å²) >= 11 is 0. The molecule has 0 radical (unpaired) electrons. The van der Waals surface area contributed by atoms with E-state index < -0.39 is 0 Å². The van der Waals surface area contributed by atoms with Crippen molar-refractivity contribution in [2.45, 2.75) is 51.5 Å². The standard InChI is InChI=1S/C17H21N3/c1-2-17-19-14-9-6-7-11-16(14)20(17)15-10-5-3-4-8-13(15)12-18/h6-7,9,11,13,15H,2-5,8,10H2,1H3. The van der Waals surface area contributed by atoms with Gasteiger partial charge in [0.2, 0.25) is 0 Å². The van der Waals surface area contributed by atoms with Crippen LogP contribution in [0.5, 0.6) is 0 Å². The molecule has 0 amide bonds. The predicted octanol–water partition coefficient (Wildman–Crippen LogP) is 4.24. The topological polar surface area (TPSA) is 41.6 Å². The van der Waals surface area contributed by atoms with Crippen molar-refractivity contribution in [3.05, 3.63) is 30.1 Å². The van der Waals surface area contributed by atoms with E-state index >= 15 is 0 Å². The molecule has 1 fully saturated rings. The number of aromatic nitrogens is 2. The van der Waals surface area contributed by atoms with Crippen molar-refractivity contribution in [2.75, 3.05) is 0 Å². The molecule has 1 aromatic carbocycles. The monoisotopic (exact) mass is 267 g/mol. The number of hydrogen-bond donors (Lipinski definition) is 0. The molecule has 3 rings (SSSR count). The summed E-state index contributed by atoms with van der Waals surface area (Å²) in [6, 6.07) is 11.2. The number of imidazole rings is 1. The Morgan fingerprint density at radius 3 is 2.85 bits per heavy atom. The van der Waals surface area contributed by atoms with Crippen molar-refractivity contribution in [3.8, 4) is 6.07 Å². The molecule has 0 aliphatic heterocycles. The highest BCUT2D eigenvalue weighted by molar-refractivity contribution is 5.76. The number of para-hydroxylation sites is 2. The zero-order valence-corrected chi connectivity index (χ0v) is 12.0. The van der Waals surface area contributed by atoms with Crippen LogP contribution in [0.4, 0.5) is 0 Å². The van der Waals surface area contributed by atoms with Crippen LogP contribution in [0.2, 0.25) is 0 Å². The number of nitriles is 1. The van der Waals surface area contributed by atoms with Crippen LogP contribution in [0.1, 0.15) is 50.9 Å². The number of fused-ring (bicyclic) bond motifs is 1. The molecule has 0 N–H and O–H groups in total. The summed E-state index contributed by atoms with van der Waals surface area (Å²) in [4.78, 5) is 4.76. The van der Waals surface area contributed by atoms with Gasteiger partial charge in [-0.05, 0) is 25.0 Å². The van der Waals surface area contributed by atoms with Crippen molar-refractivity contribution >= 4 is 11.0 Å². The van der Waals surface area contributed by atoms with Gasteiger partial charge >= 0.3 is 0 Å². The zero-order valence-electron chi connectivity index (χ0n) is 12.0. The second kappa shape index (κ2) is 5.66. The van der Waals surface area contributed by atoms with E-state index in [1.54, 1.807) is 0 Å². The van der Waals surface area contributed by atoms with Gasteiger partial charge in [0.25, 0.3) is 0 Å². The second-order valence-electron chi connectivity index (χ2n) is 5.68. The molecular formula is C17H21N3. The summed E-state index contributed by atoms with van der Waals surface area (Å²) in [6.45, 7) is 2.15. The second-order valence-corrected chi connectivity index (χ2v) is 5.68. The van der Waals surface area contributed by atoms with Crippen LogP contribution in [-0.2, 0) is 6.42 Å². The highest BCUT2D eigenvalue weighted by atomic mass is 15.1. The minimum absolute atomic E-state index is 0.125. The normalized spacial score (nSPS) is 23.4. The summed E-state index contributed by atoms with van der Waals surface area (Å²) in [5, 5.41) is 9.54. The molecule has 1 aliphatic carbocycles. The van der Waals surface area contributed by atoms with Gasteiger partial charge in [0.15, 0.2) is 0 Å². The van der Waals surface area contributed by atoms with Crippen LogP contribution in [0.3, 0.4) is 0 Å². The molecule has 1 aromatic heterocycles. The molecule has 2 unspecified atom stereocenters. The summed E-state index contributed by atoms with van der Waals surface area (Å²) < 4.78 is 2.36. The fraction of sp³-hybridized carbons (Fsp3) is 0.529. The van der Waals surface area contributed by atoms with Gasteiger partial charge in [-0.3, -0.25) is 0 Å². The predicted molar refractivity (Wildman–Crippen MR) is 80.3 cm³/mol. The first kappa shape index (κ1) is 13.2. The summed E-state index contributed by atoms with van der Waals surface area (Å²) in [7, 11) is 0. The Morgan fingerprint density at radius 1 is 1.25 bits per heavy atom. The van der Waals surface area contributed by atoms with Crippen LogP contribution < -0.4 is 0 Å². The SMILES string of the molecule is CCc1nc2ccccc2n1C1CCCCCC1C#N. The maximum atomic E-state index is 9.54. The number of nitrogens with zero attached hydrogens (tertiary/aromatic N) is 3. The summed E-state index contributed by atoms with van der Waals surface area (Å²) in [6.07, 6.45) is 6.70. The highest BCUT2D eigenvalue weighted by Gasteiger charge is 2.27. The Balaban J connectivity index is 2.13. The van der Waals surface area contributed by atoms with Crippen LogP contribution in [0, 0.1) is 17.2 Å². The fourth-order valence-electron chi connectivity index (χ4n) is 3.46. The van der Waals surface area contributed by atoms with E-state index in [0.717, 1.165) is 30.6 Å². The highest BCUT2D eigenvalue weighted by Crippen LogP contribution is 2.35. The molecule has 1 saturated carbocycles. The lowest BCUT2D eigenvalue weighted by molar-refractivity contribution is 0.372. The lowest BCUT2D eigenvalue weighted by Crippen LogP contribution is -2.19. The first-order chi connectivity index (χ1) is 9.85. The van der Waals surface area contributed by atoms with Gasteiger partial charge in [0.1, 0.15) is 5.82 Å². The minimum Gasteiger partial charge on any atom is -0.324 e. The molecule has 20 heavy (non-hydrogen) atoms. The molecule has 2 atom stereocenters. The molecule has 3 heteroatoms. The van der Waals surface area contributed by atoms with E-state index in [9.17, 15) is 5.26 Å². The fourth-order valence-corrected chi connectivity index (χ4v) is 3.46. The zero-order chi connectivity index (χ0) is 13.9. The maximum Gasteiger partial charge on any atom is 0.109 e. The van der Waals surface area contributed by atoms with E-state index in [2.05, 4.69) is 35.8 Å². The van der Waals surface area contributed by atoms with Gasteiger partial charge in [-0.1, -0.05) is 38.3 Å².